The second kappa shape index (κ2) is 3.06. The van der Waals surface area contributed by atoms with Crippen molar-refractivity contribution in [3.63, 3.8) is 0 Å². The van der Waals surface area contributed by atoms with Gasteiger partial charge in [-0.15, -0.1) is 11.8 Å². The molecule has 1 aliphatic rings. The zero-order valence-electron chi connectivity index (χ0n) is 7.42. The molecule has 0 saturated heterocycles. The Bertz CT molecular complexity index is 174. The Kier molecular flexibility index (Phi) is 2.49. The fourth-order valence-corrected chi connectivity index (χ4v) is 3.45. The molecule has 0 radical (unpaired) electrons. The van der Waals surface area contributed by atoms with E-state index >= 15 is 0 Å². The first kappa shape index (κ1) is 8.93. The van der Waals surface area contributed by atoms with E-state index in [4.69, 9.17) is 5.26 Å². The van der Waals surface area contributed by atoms with Crippen LogP contribution in [-0.2, 0) is 0 Å². The fourth-order valence-electron chi connectivity index (χ4n) is 1.73. The molecule has 0 spiro atoms. The van der Waals surface area contributed by atoms with Crippen molar-refractivity contribution in [3.8, 4) is 6.07 Å². The van der Waals surface area contributed by atoms with Gasteiger partial charge in [0, 0.05) is 5.25 Å². The van der Waals surface area contributed by atoms with Crippen LogP contribution in [0.3, 0.4) is 0 Å². The molecule has 0 aromatic heterocycles. The minimum atomic E-state index is -0.0203. The first-order chi connectivity index (χ1) is 5.08. The number of rotatable bonds is 2. The lowest BCUT2D eigenvalue weighted by Crippen LogP contribution is -2.39. The summed E-state index contributed by atoms with van der Waals surface area (Å²) in [7, 11) is 0. The quantitative estimate of drug-likeness (QED) is 0.634. The third-order valence-electron chi connectivity index (χ3n) is 2.02. The second-order valence-electron chi connectivity index (χ2n) is 3.79. The van der Waals surface area contributed by atoms with Gasteiger partial charge in [0.2, 0.25) is 0 Å². The number of nitriles is 1. The maximum Gasteiger partial charge on any atom is 0.103 e. The molecule has 2 heteroatoms. The zero-order valence-corrected chi connectivity index (χ0v) is 8.24. The van der Waals surface area contributed by atoms with Crippen molar-refractivity contribution in [1.29, 1.82) is 5.26 Å². The Labute approximate surface area is 73.2 Å². The Morgan fingerprint density at radius 3 is 2.36 bits per heavy atom. The van der Waals surface area contributed by atoms with Gasteiger partial charge in [-0.2, -0.15) is 5.26 Å². The van der Waals surface area contributed by atoms with Gasteiger partial charge in [-0.3, -0.25) is 0 Å². The summed E-state index contributed by atoms with van der Waals surface area (Å²) in [6.07, 6.45) is 2.18. The molecule has 1 fully saturated rings. The van der Waals surface area contributed by atoms with Gasteiger partial charge in [0.1, 0.15) is 4.75 Å². The highest BCUT2D eigenvalue weighted by molar-refractivity contribution is 8.01. The number of nitrogens with zero attached hydrogens (tertiary/aromatic N) is 1. The molecule has 11 heavy (non-hydrogen) atoms. The van der Waals surface area contributed by atoms with Crippen LogP contribution in [0, 0.1) is 17.2 Å². The molecular weight excluding hydrogens is 154 g/mol. The van der Waals surface area contributed by atoms with Crippen LogP contribution in [0.5, 0.6) is 0 Å². The van der Waals surface area contributed by atoms with Crippen molar-refractivity contribution in [2.45, 2.75) is 43.6 Å². The molecule has 1 saturated carbocycles. The normalized spacial score (nSPS) is 36.5. The van der Waals surface area contributed by atoms with Crippen LogP contribution in [0.4, 0.5) is 0 Å². The molecule has 0 atom stereocenters. The van der Waals surface area contributed by atoms with E-state index in [2.05, 4.69) is 26.8 Å². The van der Waals surface area contributed by atoms with Gasteiger partial charge in [-0.25, -0.2) is 0 Å². The first-order valence-corrected chi connectivity index (χ1v) is 5.05. The standard InChI is InChI=1S/C9H15NS/c1-7(2)11-9(6-10)4-8(3)5-9/h7-8H,4-5H2,1-3H3. The Balaban J connectivity index is 2.46. The molecule has 0 bridgehead atoms. The Hall–Kier alpha value is -0.160. The molecule has 0 amide bonds. The van der Waals surface area contributed by atoms with Crippen LogP contribution in [0.2, 0.25) is 0 Å². The highest BCUT2D eigenvalue weighted by atomic mass is 32.2. The third-order valence-corrected chi connectivity index (χ3v) is 3.37. The van der Waals surface area contributed by atoms with Crippen LogP contribution in [0.15, 0.2) is 0 Å². The maximum absolute atomic E-state index is 8.93. The van der Waals surface area contributed by atoms with Gasteiger partial charge in [-0.05, 0) is 18.8 Å². The molecular formula is C9H15NS. The Morgan fingerprint density at radius 2 is 2.09 bits per heavy atom. The van der Waals surface area contributed by atoms with Crippen molar-refractivity contribution in [3.05, 3.63) is 0 Å². The summed E-state index contributed by atoms with van der Waals surface area (Å²) < 4.78 is -0.0203. The van der Waals surface area contributed by atoms with Gasteiger partial charge in [0.25, 0.3) is 0 Å². The first-order valence-electron chi connectivity index (χ1n) is 4.17. The lowest BCUT2D eigenvalue weighted by molar-refractivity contribution is 0.303. The predicted molar refractivity (Wildman–Crippen MR) is 49.5 cm³/mol. The monoisotopic (exact) mass is 169 g/mol. The van der Waals surface area contributed by atoms with Crippen molar-refractivity contribution in [1.82, 2.24) is 0 Å². The lowest BCUT2D eigenvalue weighted by Gasteiger charge is -2.41. The number of hydrogen-bond donors (Lipinski definition) is 0. The van der Waals surface area contributed by atoms with Crippen molar-refractivity contribution < 1.29 is 0 Å². The molecule has 62 valence electrons. The smallest absolute Gasteiger partial charge is 0.103 e. The molecule has 0 aliphatic heterocycles. The Morgan fingerprint density at radius 1 is 1.55 bits per heavy atom. The predicted octanol–water partition coefficient (Wildman–Crippen LogP) is 2.82. The number of thioether (sulfide) groups is 1. The number of hydrogen-bond acceptors (Lipinski definition) is 2. The summed E-state index contributed by atoms with van der Waals surface area (Å²) in [4.78, 5) is 0. The average Bonchev–Trinajstić information content (AvgIpc) is 1.82. The van der Waals surface area contributed by atoms with Gasteiger partial charge < -0.3 is 0 Å². The van der Waals surface area contributed by atoms with E-state index in [-0.39, 0.29) is 4.75 Å². The second-order valence-corrected chi connectivity index (χ2v) is 5.75. The summed E-state index contributed by atoms with van der Waals surface area (Å²) in [5.74, 6) is 0.765. The molecule has 0 N–H and O–H groups in total. The largest absolute Gasteiger partial charge is 0.197 e. The van der Waals surface area contributed by atoms with E-state index in [1.165, 1.54) is 0 Å². The fraction of sp³-hybridized carbons (Fsp3) is 0.889. The average molecular weight is 169 g/mol. The van der Waals surface area contributed by atoms with Crippen LogP contribution in [-0.4, -0.2) is 10.00 Å². The summed E-state index contributed by atoms with van der Waals surface area (Å²) in [5, 5.41) is 9.52. The van der Waals surface area contributed by atoms with Gasteiger partial charge >= 0.3 is 0 Å². The van der Waals surface area contributed by atoms with Crippen LogP contribution < -0.4 is 0 Å². The topological polar surface area (TPSA) is 23.8 Å². The van der Waals surface area contributed by atoms with E-state index in [1.54, 1.807) is 0 Å². The van der Waals surface area contributed by atoms with E-state index in [9.17, 15) is 0 Å². The zero-order chi connectivity index (χ0) is 8.48. The highest BCUT2D eigenvalue weighted by Crippen LogP contribution is 2.48. The van der Waals surface area contributed by atoms with E-state index in [0.717, 1.165) is 18.8 Å². The molecule has 0 heterocycles. The molecule has 1 nitrogen and oxygen atoms in total. The molecule has 0 aromatic rings. The summed E-state index contributed by atoms with van der Waals surface area (Å²) in [6.45, 7) is 6.54. The molecule has 0 unspecified atom stereocenters. The molecule has 0 aromatic carbocycles. The SMILES string of the molecule is CC1CC(C#N)(SC(C)C)C1. The highest BCUT2D eigenvalue weighted by Gasteiger charge is 2.43. The summed E-state index contributed by atoms with van der Waals surface area (Å²) >= 11 is 1.83. The van der Waals surface area contributed by atoms with Crippen molar-refractivity contribution >= 4 is 11.8 Å². The molecule has 1 aliphatic carbocycles. The van der Waals surface area contributed by atoms with E-state index < -0.39 is 0 Å². The summed E-state index contributed by atoms with van der Waals surface area (Å²) in [6, 6.07) is 2.44. The van der Waals surface area contributed by atoms with E-state index in [1.807, 2.05) is 11.8 Å². The van der Waals surface area contributed by atoms with Crippen molar-refractivity contribution in [2.24, 2.45) is 5.92 Å². The van der Waals surface area contributed by atoms with Crippen LogP contribution in [0.25, 0.3) is 0 Å². The lowest BCUT2D eigenvalue weighted by atomic mass is 9.76. The van der Waals surface area contributed by atoms with Gasteiger partial charge in [-0.1, -0.05) is 20.8 Å². The minimum absolute atomic E-state index is 0.0203. The van der Waals surface area contributed by atoms with Crippen LogP contribution >= 0.6 is 11.8 Å². The van der Waals surface area contributed by atoms with E-state index in [0.29, 0.717) is 5.25 Å². The minimum Gasteiger partial charge on any atom is -0.197 e. The van der Waals surface area contributed by atoms with Gasteiger partial charge in [0.15, 0.2) is 0 Å². The van der Waals surface area contributed by atoms with Gasteiger partial charge in [0.05, 0.1) is 6.07 Å². The third kappa shape index (κ3) is 1.90. The maximum atomic E-state index is 8.93. The van der Waals surface area contributed by atoms with Crippen molar-refractivity contribution in [2.75, 3.05) is 0 Å². The molecule has 1 rings (SSSR count). The van der Waals surface area contributed by atoms with Crippen LogP contribution in [0.1, 0.15) is 33.6 Å². The summed E-state index contributed by atoms with van der Waals surface area (Å²) in [5.41, 5.74) is 0.